The number of hydrogen-bond acceptors (Lipinski definition) is 5. The van der Waals surface area contributed by atoms with E-state index in [1.54, 1.807) is 0 Å². The molecule has 0 aliphatic rings. The van der Waals surface area contributed by atoms with Crippen LogP contribution in [0.25, 0.3) is 0 Å². The van der Waals surface area contributed by atoms with Gasteiger partial charge in [-0.2, -0.15) is 8.42 Å². The highest BCUT2D eigenvalue weighted by Crippen LogP contribution is 2.18. The lowest BCUT2D eigenvalue weighted by molar-refractivity contribution is -0.143. The lowest BCUT2D eigenvalue weighted by atomic mass is 10.0. The molecule has 29 heavy (non-hydrogen) atoms. The van der Waals surface area contributed by atoms with E-state index in [9.17, 15) is 13.2 Å². The van der Waals surface area contributed by atoms with E-state index in [2.05, 4.69) is 13.8 Å². The van der Waals surface area contributed by atoms with Crippen LogP contribution in [0.3, 0.4) is 0 Å². The summed E-state index contributed by atoms with van der Waals surface area (Å²) in [7, 11) is -4.40. The highest BCUT2D eigenvalue weighted by molar-refractivity contribution is 7.80. The molecule has 0 aromatic heterocycles. The number of ether oxygens (including phenoxy) is 1. The van der Waals surface area contributed by atoms with Crippen molar-refractivity contribution in [3.63, 3.8) is 0 Å². The summed E-state index contributed by atoms with van der Waals surface area (Å²) in [5, 5.41) is 0. The van der Waals surface area contributed by atoms with Crippen LogP contribution in [0, 0.1) is 0 Å². The summed E-state index contributed by atoms with van der Waals surface area (Å²) in [6, 6.07) is 0. The Morgan fingerprint density at radius 3 is 1.76 bits per heavy atom. The van der Waals surface area contributed by atoms with Crippen LogP contribution in [-0.2, 0) is 24.1 Å². The first kappa shape index (κ1) is 28.3. The van der Waals surface area contributed by atoms with Crippen molar-refractivity contribution in [2.45, 2.75) is 129 Å². The largest absolute Gasteiger partial charge is 0.466 e. The van der Waals surface area contributed by atoms with Crippen LogP contribution in [-0.4, -0.2) is 31.7 Å². The Bertz CT molecular complexity index is 478. The van der Waals surface area contributed by atoms with Crippen molar-refractivity contribution in [1.82, 2.24) is 0 Å². The molecular formula is C22H44O6S. The molecule has 1 atom stereocenters. The Hall–Kier alpha value is -0.660. The Kier molecular flexibility index (Phi) is 18.9. The molecule has 0 amide bonds. The van der Waals surface area contributed by atoms with Gasteiger partial charge in [0.25, 0.3) is 0 Å². The molecule has 1 unspecified atom stereocenters. The molecule has 0 radical (unpaired) electrons. The van der Waals surface area contributed by atoms with E-state index in [1.165, 1.54) is 32.1 Å². The molecule has 0 spiro atoms. The van der Waals surface area contributed by atoms with Gasteiger partial charge in [0, 0.05) is 6.42 Å². The minimum atomic E-state index is -4.40. The average molecular weight is 437 g/mol. The van der Waals surface area contributed by atoms with E-state index >= 15 is 0 Å². The van der Waals surface area contributed by atoms with Gasteiger partial charge in [0.2, 0.25) is 0 Å². The lowest BCUT2D eigenvalue weighted by Crippen LogP contribution is -2.18. The summed E-state index contributed by atoms with van der Waals surface area (Å²) >= 11 is 0. The first-order chi connectivity index (χ1) is 13.9. The maximum Gasteiger partial charge on any atom is 0.397 e. The van der Waals surface area contributed by atoms with Crippen molar-refractivity contribution in [1.29, 1.82) is 0 Å². The van der Waals surface area contributed by atoms with E-state index in [1.807, 2.05) is 0 Å². The molecule has 0 heterocycles. The Morgan fingerprint density at radius 1 is 0.759 bits per heavy atom. The smallest absolute Gasteiger partial charge is 0.397 e. The van der Waals surface area contributed by atoms with Crippen LogP contribution >= 0.6 is 0 Å². The van der Waals surface area contributed by atoms with Gasteiger partial charge in [-0.05, 0) is 25.7 Å². The highest BCUT2D eigenvalue weighted by Gasteiger charge is 2.16. The Balaban J connectivity index is 3.82. The summed E-state index contributed by atoms with van der Waals surface area (Å²) in [6.45, 7) is 4.77. The molecule has 6 nitrogen and oxygen atoms in total. The quantitative estimate of drug-likeness (QED) is 0.127. The molecule has 0 aromatic rings. The molecule has 0 aromatic carbocycles. The van der Waals surface area contributed by atoms with Gasteiger partial charge in [0.05, 0.1) is 12.7 Å². The summed E-state index contributed by atoms with van der Waals surface area (Å²) < 4.78 is 41.1. The van der Waals surface area contributed by atoms with Gasteiger partial charge in [0.1, 0.15) is 0 Å². The van der Waals surface area contributed by atoms with Gasteiger partial charge >= 0.3 is 16.4 Å². The minimum absolute atomic E-state index is 0.116. The molecule has 0 aliphatic heterocycles. The first-order valence-corrected chi connectivity index (χ1v) is 13.1. The topological polar surface area (TPSA) is 89.9 Å². The van der Waals surface area contributed by atoms with Crippen molar-refractivity contribution in [3.05, 3.63) is 0 Å². The molecule has 0 bridgehead atoms. The van der Waals surface area contributed by atoms with Crippen LogP contribution in [0.15, 0.2) is 0 Å². The SMILES string of the molecule is CCCCCCCCCC(CCCCCCCC(=O)OCCCC)OS(=O)(=O)O. The van der Waals surface area contributed by atoms with Crippen LogP contribution < -0.4 is 0 Å². The molecule has 0 saturated heterocycles. The maximum absolute atomic E-state index is 11.5. The van der Waals surface area contributed by atoms with Crippen molar-refractivity contribution in [2.24, 2.45) is 0 Å². The predicted octanol–water partition coefficient (Wildman–Crippen LogP) is 6.39. The summed E-state index contributed by atoms with van der Waals surface area (Å²) in [6.07, 6.45) is 16.0. The summed E-state index contributed by atoms with van der Waals surface area (Å²) in [5.74, 6) is -0.116. The Labute approximate surface area is 179 Å². The number of hydrogen-bond donors (Lipinski definition) is 1. The fourth-order valence-corrected chi connectivity index (χ4v) is 3.85. The van der Waals surface area contributed by atoms with Gasteiger partial charge in [-0.1, -0.05) is 90.9 Å². The average Bonchev–Trinajstić information content (AvgIpc) is 2.65. The fourth-order valence-electron chi connectivity index (χ4n) is 3.32. The molecule has 0 fully saturated rings. The third-order valence-corrected chi connectivity index (χ3v) is 5.57. The standard InChI is InChI=1S/C22H44O6S/c1-3-5-7-8-9-11-14-17-21(28-29(24,25)26)18-15-12-10-13-16-19-22(23)27-20-6-4-2/h21H,3-20H2,1-2H3,(H,24,25,26). The van der Waals surface area contributed by atoms with E-state index in [0.717, 1.165) is 57.8 Å². The molecule has 0 saturated carbocycles. The van der Waals surface area contributed by atoms with Crippen molar-refractivity contribution in [3.8, 4) is 0 Å². The molecule has 0 rings (SSSR count). The second kappa shape index (κ2) is 19.3. The number of rotatable bonds is 21. The Morgan fingerprint density at radius 2 is 1.24 bits per heavy atom. The zero-order valence-electron chi connectivity index (χ0n) is 18.7. The zero-order chi connectivity index (χ0) is 21.8. The minimum Gasteiger partial charge on any atom is -0.466 e. The second-order valence-corrected chi connectivity index (χ2v) is 8.98. The monoisotopic (exact) mass is 436 g/mol. The number of carbonyl (C=O) groups is 1. The molecule has 174 valence electrons. The molecule has 1 N–H and O–H groups in total. The normalized spacial score (nSPS) is 12.8. The van der Waals surface area contributed by atoms with E-state index < -0.39 is 16.5 Å². The van der Waals surface area contributed by atoms with Gasteiger partial charge in [-0.3, -0.25) is 9.35 Å². The molecular weight excluding hydrogens is 392 g/mol. The molecule has 0 aliphatic carbocycles. The maximum atomic E-state index is 11.5. The fraction of sp³-hybridized carbons (Fsp3) is 0.955. The first-order valence-electron chi connectivity index (χ1n) is 11.7. The summed E-state index contributed by atoms with van der Waals surface area (Å²) in [4.78, 5) is 11.5. The van der Waals surface area contributed by atoms with Crippen molar-refractivity contribution < 1.29 is 26.7 Å². The third kappa shape index (κ3) is 21.9. The third-order valence-electron chi connectivity index (χ3n) is 5.06. The van der Waals surface area contributed by atoms with Crippen LogP contribution in [0.1, 0.15) is 123 Å². The van der Waals surface area contributed by atoms with E-state index in [-0.39, 0.29) is 5.97 Å². The van der Waals surface area contributed by atoms with Gasteiger partial charge in [-0.25, -0.2) is 4.18 Å². The van der Waals surface area contributed by atoms with Crippen molar-refractivity contribution in [2.75, 3.05) is 6.61 Å². The summed E-state index contributed by atoms with van der Waals surface area (Å²) in [5.41, 5.74) is 0. The van der Waals surface area contributed by atoms with Crippen molar-refractivity contribution >= 4 is 16.4 Å². The molecule has 7 heteroatoms. The highest BCUT2D eigenvalue weighted by atomic mass is 32.3. The van der Waals surface area contributed by atoms with Gasteiger partial charge in [-0.15, -0.1) is 0 Å². The predicted molar refractivity (Wildman–Crippen MR) is 117 cm³/mol. The van der Waals surface area contributed by atoms with Gasteiger partial charge < -0.3 is 4.74 Å². The zero-order valence-corrected chi connectivity index (χ0v) is 19.5. The number of esters is 1. The van der Waals surface area contributed by atoms with Crippen LogP contribution in [0.4, 0.5) is 0 Å². The van der Waals surface area contributed by atoms with Crippen LogP contribution in [0.2, 0.25) is 0 Å². The number of unbranched alkanes of at least 4 members (excludes halogenated alkanes) is 11. The van der Waals surface area contributed by atoms with Gasteiger partial charge in [0.15, 0.2) is 0 Å². The van der Waals surface area contributed by atoms with Crippen LogP contribution in [0.5, 0.6) is 0 Å². The van der Waals surface area contributed by atoms with E-state index in [0.29, 0.717) is 25.9 Å². The lowest BCUT2D eigenvalue weighted by Gasteiger charge is -2.15. The van der Waals surface area contributed by atoms with E-state index in [4.69, 9.17) is 13.5 Å². The number of carbonyl (C=O) groups excluding carboxylic acids is 1. The second-order valence-electron chi connectivity index (χ2n) is 7.94.